The number of phosphoric ester groups is 1. The first-order valence-corrected chi connectivity index (χ1v) is 30.0. The number of amides is 1. The van der Waals surface area contributed by atoms with E-state index in [1.165, 1.54) is 199 Å². The van der Waals surface area contributed by atoms with Gasteiger partial charge in [-0.2, -0.15) is 0 Å². The maximum Gasteiger partial charge on any atom is 0.472 e. The first-order valence-electron chi connectivity index (χ1n) is 28.5. The van der Waals surface area contributed by atoms with Gasteiger partial charge in [-0.1, -0.05) is 242 Å². The molecule has 8 nitrogen and oxygen atoms in total. The maximum atomic E-state index is 13.0. The molecule has 0 bridgehead atoms. The minimum Gasteiger partial charge on any atom is -0.387 e. The number of carbonyl (C=O) groups excluding carboxylic acids is 1. The topological polar surface area (TPSA) is 105 Å². The summed E-state index contributed by atoms with van der Waals surface area (Å²) >= 11 is 0. The number of hydrogen-bond donors (Lipinski definition) is 3. The summed E-state index contributed by atoms with van der Waals surface area (Å²) in [6.45, 7) is 4.81. The lowest BCUT2D eigenvalue weighted by atomic mass is 10.0. The normalized spacial score (nSPS) is 14.3. The summed E-state index contributed by atoms with van der Waals surface area (Å²) in [6, 6.07) is -0.864. The Hall–Kier alpha value is -1.54. The van der Waals surface area contributed by atoms with E-state index < -0.39 is 20.0 Å². The number of unbranched alkanes of at least 4 members (excludes halogenated alkanes) is 33. The van der Waals surface area contributed by atoms with Crippen LogP contribution in [0.1, 0.15) is 264 Å². The third kappa shape index (κ3) is 52.1. The molecule has 3 atom stereocenters. The molecule has 0 aromatic carbocycles. The Kier molecular flexibility index (Phi) is 48.3. The van der Waals surface area contributed by atoms with Gasteiger partial charge in [0.25, 0.3) is 0 Å². The van der Waals surface area contributed by atoms with Gasteiger partial charge in [0.15, 0.2) is 0 Å². The molecule has 0 saturated carbocycles. The molecular weight excluding hydrogens is 852 g/mol. The van der Waals surface area contributed by atoms with Crippen molar-refractivity contribution >= 4 is 13.7 Å². The largest absolute Gasteiger partial charge is 0.472 e. The SMILES string of the molecule is CCCCCCC/C=C\C/C=C\CCCCCCCCCCCCCCCCCC(=O)NC(COP(=O)(O)OCC[N+](C)(C)C)C(O)/C=C/CC/C=C/CCCCCCCCCCCCCC. The maximum absolute atomic E-state index is 13.0. The van der Waals surface area contributed by atoms with Gasteiger partial charge in [0, 0.05) is 6.42 Å². The lowest BCUT2D eigenvalue weighted by Crippen LogP contribution is -2.45. The van der Waals surface area contributed by atoms with Crippen molar-refractivity contribution < 1.29 is 32.9 Å². The van der Waals surface area contributed by atoms with Gasteiger partial charge in [0.2, 0.25) is 5.91 Å². The molecule has 0 radical (unpaired) electrons. The third-order valence-electron chi connectivity index (χ3n) is 12.8. The van der Waals surface area contributed by atoms with Crippen LogP contribution >= 0.6 is 7.82 Å². The number of hydrogen-bond acceptors (Lipinski definition) is 5. The van der Waals surface area contributed by atoms with Crippen molar-refractivity contribution in [3.8, 4) is 0 Å². The monoisotopic (exact) mass is 964 g/mol. The van der Waals surface area contributed by atoms with E-state index in [-0.39, 0.29) is 19.1 Å². The van der Waals surface area contributed by atoms with Gasteiger partial charge in [0.05, 0.1) is 39.9 Å². The molecule has 1 amide bonds. The Bertz CT molecular complexity index is 1230. The molecule has 394 valence electrons. The van der Waals surface area contributed by atoms with Crippen LogP contribution in [-0.2, 0) is 18.4 Å². The first kappa shape index (κ1) is 65.5. The molecule has 0 aliphatic rings. The van der Waals surface area contributed by atoms with E-state index in [1.807, 2.05) is 27.2 Å². The molecular formula is C58H112N2O6P+. The molecule has 0 aromatic rings. The van der Waals surface area contributed by atoms with Crippen molar-refractivity contribution in [1.82, 2.24) is 5.32 Å². The minimum absolute atomic E-state index is 0.0562. The number of carbonyl (C=O) groups is 1. The number of allylic oxidation sites excluding steroid dienone is 7. The van der Waals surface area contributed by atoms with Crippen LogP contribution in [0.3, 0.4) is 0 Å². The van der Waals surface area contributed by atoms with Gasteiger partial charge in [-0.15, -0.1) is 0 Å². The zero-order valence-electron chi connectivity index (χ0n) is 44.9. The van der Waals surface area contributed by atoms with Crippen LogP contribution in [0.2, 0.25) is 0 Å². The highest BCUT2D eigenvalue weighted by Gasteiger charge is 2.27. The van der Waals surface area contributed by atoms with E-state index in [2.05, 4.69) is 55.6 Å². The Labute approximate surface area is 416 Å². The lowest BCUT2D eigenvalue weighted by molar-refractivity contribution is -0.870. The van der Waals surface area contributed by atoms with E-state index in [1.54, 1.807) is 6.08 Å². The Balaban J connectivity index is 4.21. The summed E-state index contributed by atoms with van der Waals surface area (Å²) in [7, 11) is 1.56. The van der Waals surface area contributed by atoms with Gasteiger partial charge in [0.1, 0.15) is 13.2 Å². The number of phosphoric acid groups is 1. The van der Waals surface area contributed by atoms with E-state index in [0.717, 1.165) is 44.9 Å². The molecule has 3 N–H and O–H groups in total. The molecule has 0 rings (SSSR count). The molecule has 0 aliphatic carbocycles. The minimum atomic E-state index is -4.35. The molecule has 67 heavy (non-hydrogen) atoms. The zero-order chi connectivity index (χ0) is 49.2. The van der Waals surface area contributed by atoms with Crippen molar-refractivity contribution in [2.75, 3.05) is 40.9 Å². The van der Waals surface area contributed by atoms with Crippen LogP contribution in [0.15, 0.2) is 48.6 Å². The van der Waals surface area contributed by atoms with Gasteiger partial charge in [-0.25, -0.2) is 4.57 Å². The quantitative estimate of drug-likeness (QED) is 0.0243. The van der Waals surface area contributed by atoms with Crippen LogP contribution in [0.4, 0.5) is 0 Å². The van der Waals surface area contributed by atoms with Crippen LogP contribution in [0.25, 0.3) is 0 Å². The number of nitrogens with zero attached hydrogens (tertiary/aromatic N) is 1. The molecule has 3 unspecified atom stereocenters. The van der Waals surface area contributed by atoms with E-state index >= 15 is 0 Å². The fourth-order valence-corrected chi connectivity index (χ4v) is 9.00. The molecule has 0 saturated heterocycles. The van der Waals surface area contributed by atoms with Crippen molar-refractivity contribution in [3.63, 3.8) is 0 Å². The summed E-state index contributed by atoms with van der Waals surface area (Å²) in [5.74, 6) is -0.185. The Morgan fingerprint density at radius 3 is 1.28 bits per heavy atom. The van der Waals surface area contributed by atoms with Crippen LogP contribution in [-0.4, -0.2) is 73.4 Å². The van der Waals surface area contributed by atoms with Gasteiger partial charge < -0.3 is 19.8 Å². The Morgan fingerprint density at radius 2 is 0.866 bits per heavy atom. The van der Waals surface area contributed by atoms with Gasteiger partial charge in [-0.3, -0.25) is 13.8 Å². The van der Waals surface area contributed by atoms with Gasteiger partial charge >= 0.3 is 7.82 Å². The summed E-state index contributed by atoms with van der Waals surface area (Å²) in [5, 5.41) is 13.9. The van der Waals surface area contributed by atoms with Gasteiger partial charge in [-0.05, 0) is 64.2 Å². The zero-order valence-corrected chi connectivity index (χ0v) is 45.8. The Morgan fingerprint density at radius 1 is 0.507 bits per heavy atom. The highest BCUT2D eigenvalue weighted by atomic mass is 31.2. The van der Waals surface area contributed by atoms with Crippen molar-refractivity contribution in [2.45, 2.75) is 276 Å². The summed E-state index contributed by atoms with van der Waals surface area (Å²) in [5.41, 5.74) is 0. The summed E-state index contributed by atoms with van der Waals surface area (Å²) in [6.07, 6.45) is 65.0. The molecule has 9 heteroatoms. The second kappa shape index (κ2) is 49.4. The fraction of sp³-hybridized carbons (Fsp3) is 0.845. The number of quaternary nitrogens is 1. The highest BCUT2D eigenvalue weighted by Crippen LogP contribution is 2.43. The van der Waals surface area contributed by atoms with E-state index in [4.69, 9.17) is 9.05 Å². The number of aliphatic hydroxyl groups excluding tert-OH is 1. The predicted molar refractivity (Wildman–Crippen MR) is 291 cm³/mol. The molecule has 0 spiro atoms. The highest BCUT2D eigenvalue weighted by molar-refractivity contribution is 7.47. The average molecular weight is 965 g/mol. The standard InChI is InChI=1S/C58H111N2O6P/c1-6-8-10-12-14-16-18-20-22-24-26-27-28-29-30-31-32-33-34-36-38-40-42-44-46-48-50-52-58(62)59-56(55-66-67(63,64)65-54-53-60(3,4)5)57(61)51-49-47-45-43-41-39-37-35-25-23-21-19-17-15-13-11-9-7-2/h18,20,24,26,41,43,49,51,56-57,61H,6-17,19,21-23,25,27-40,42,44-48,50,52-55H2,1-5H3,(H-,59,62,63,64)/p+1/b20-18-,26-24-,43-41+,51-49+. The van der Waals surface area contributed by atoms with Crippen molar-refractivity contribution in [2.24, 2.45) is 0 Å². The number of nitrogens with one attached hydrogen (secondary N) is 1. The van der Waals surface area contributed by atoms with E-state index in [0.29, 0.717) is 17.4 Å². The number of rotatable bonds is 52. The predicted octanol–water partition coefficient (Wildman–Crippen LogP) is 17.2. The smallest absolute Gasteiger partial charge is 0.387 e. The molecule has 0 heterocycles. The second-order valence-corrected chi connectivity index (χ2v) is 22.1. The fourth-order valence-electron chi connectivity index (χ4n) is 8.27. The second-order valence-electron chi connectivity index (χ2n) is 20.7. The van der Waals surface area contributed by atoms with Crippen molar-refractivity contribution in [3.05, 3.63) is 48.6 Å². The van der Waals surface area contributed by atoms with Crippen molar-refractivity contribution in [1.29, 1.82) is 0 Å². The lowest BCUT2D eigenvalue weighted by Gasteiger charge is -2.25. The summed E-state index contributed by atoms with van der Waals surface area (Å²) < 4.78 is 23.7. The molecule has 0 aliphatic heterocycles. The summed E-state index contributed by atoms with van der Waals surface area (Å²) in [4.78, 5) is 23.3. The third-order valence-corrected chi connectivity index (χ3v) is 13.8. The van der Waals surface area contributed by atoms with Crippen LogP contribution in [0.5, 0.6) is 0 Å². The molecule has 0 fully saturated rings. The van der Waals surface area contributed by atoms with Crippen LogP contribution in [0, 0.1) is 0 Å². The first-order chi connectivity index (χ1) is 32.5. The van der Waals surface area contributed by atoms with Crippen LogP contribution < -0.4 is 5.32 Å². The average Bonchev–Trinajstić information content (AvgIpc) is 3.29. The number of likely N-dealkylation sites (N-methyl/N-ethyl adjacent to an activating group) is 1. The molecule has 0 aromatic heterocycles. The number of aliphatic hydroxyl groups is 1. The van der Waals surface area contributed by atoms with E-state index in [9.17, 15) is 19.4 Å².